The van der Waals surface area contributed by atoms with Crippen molar-refractivity contribution in [2.75, 3.05) is 11.9 Å². The maximum atomic E-state index is 13.0. The van der Waals surface area contributed by atoms with Gasteiger partial charge in [0.25, 0.3) is 5.91 Å². The Morgan fingerprint density at radius 2 is 1.86 bits per heavy atom. The molecule has 0 atom stereocenters. The van der Waals surface area contributed by atoms with Gasteiger partial charge in [0.15, 0.2) is 0 Å². The van der Waals surface area contributed by atoms with Crippen molar-refractivity contribution in [2.24, 2.45) is 0 Å². The Kier molecular flexibility index (Phi) is 4.21. The first kappa shape index (κ1) is 16.0. The lowest BCUT2D eigenvalue weighted by atomic mass is 10.1. The molecular formula is C16H15F3N2O. The summed E-state index contributed by atoms with van der Waals surface area (Å²) in [6, 6.07) is 6.14. The van der Waals surface area contributed by atoms with Crippen LogP contribution in [0.25, 0.3) is 0 Å². The topological polar surface area (TPSA) is 33.2 Å². The molecule has 2 rings (SSSR count). The van der Waals surface area contributed by atoms with E-state index in [0.29, 0.717) is 5.69 Å². The van der Waals surface area contributed by atoms with Crippen molar-refractivity contribution in [1.29, 1.82) is 0 Å². The summed E-state index contributed by atoms with van der Waals surface area (Å²) in [5.41, 5.74) is 0.931. The molecule has 1 heterocycles. The molecule has 0 saturated heterocycles. The first-order chi connectivity index (χ1) is 10.2. The molecule has 2 aromatic rings. The van der Waals surface area contributed by atoms with E-state index in [-0.39, 0.29) is 0 Å². The van der Waals surface area contributed by atoms with E-state index in [2.05, 4.69) is 4.98 Å². The van der Waals surface area contributed by atoms with Crippen LogP contribution < -0.4 is 4.90 Å². The number of carbonyl (C=O) groups excluding carboxylic acids is 1. The molecule has 0 aliphatic carbocycles. The summed E-state index contributed by atoms with van der Waals surface area (Å²) >= 11 is 0. The Hall–Kier alpha value is -2.37. The van der Waals surface area contributed by atoms with Crippen LogP contribution in [-0.4, -0.2) is 17.9 Å². The third kappa shape index (κ3) is 2.95. The fourth-order valence-electron chi connectivity index (χ4n) is 2.20. The predicted molar refractivity (Wildman–Crippen MR) is 77.9 cm³/mol. The van der Waals surface area contributed by atoms with Crippen LogP contribution in [0.4, 0.5) is 18.9 Å². The fourth-order valence-corrected chi connectivity index (χ4v) is 2.20. The molecule has 116 valence electrons. The quantitative estimate of drug-likeness (QED) is 0.840. The van der Waals surface area contributed by atoms with Crippen LogP contribution in [0.1, 0.15) is 27.0 Å². The number of amides is 1. The van der Waals surface area contributed by atoms with Crippen molar-refractivity contribution in [3.63, 3.8) is 0 Å². The number of rotatable bonds is 2. The minimum absolute atomic E-state index is 0.460. The maximum absolute atomic E-state index is 13.0. The lowest BCUT2D eigenvalue weighted by molar-refractivity contribution is -0.138. The molecule has 0 fully saturated rings. The van der Waals surface area contributed by atoms with E-state index in [1.54, 1.807) is 12.1 Å². The minimum Gasteiger partial charge on any atom is -0.311 e. The van der Waals surface area contributed by atoms with Crippen LogP contribution >= 0.6 is 0 Å². The summed E-state index contributed by atoms with van der Waals surface area (Å²) in [6.45, 7) is 3.70. The zero-order chi connectivity index (χ0) is 16.5. The molecule has 1 aromatic carbocycles. The van der Waals surface area contributed by atoms with E-state index in [4.69, 9.17) is 0 Å². The fraction of sp³-hybridized carbons (Fsp3) is 0.250. The number of aromatic nitrogens is 1. The Balaban J connectivity index is 2.47. The van der Waals surface area contributed by atoms with Crippen LogP contribution in [0.15, 0.2) is 36.7 Å². The number of alkyl halides is 3. The molecule has 0 aliphatic heterocycles. The summed E-state index contributed by atoms with van der Waals surface area (Å²) in [7, 11) is 1.46. The Morgan fingerprint density at radius 3 is 2.50 bits per heavy atom. The zero-order valence-corrected chi connectivity index (χ0v) is 12.4. The summed E-state index contributed by atoms with van der Waals surface area (Å²) in [5, 5.41) is 0. The maximum Gasteiger partial charge on any atom is 0.417 e. The van der Waals surface area contributed by atoms with Gasteiger partial charge in [-0.1, -0.05) is 12.1 Å². The van der Waals surface area contributed by atoms with Gasteiger partial charge in [0, 0.05) is 25.1 Å². The van der Waals surface area contributed by atoms with Gasteiger partial charge in [-0.3, -0.25) is 9.78 Å². The highest BCUT2D eigenvalue weighted by atomic mass is 19.4. The van der Waals surface area contributed by atoms with Gasteiger partial charge in [-0.15, -0.1) is 0 Å². The van der Waals surface area contributed by atoms with Gasteiger partial charge in [0.05, 0.1) is 11.1 Å². The summed E-state index contributed by atoms with van der Waals surface area (Å²) in [4.78, 5) is 17.3. The molecule has 0 spiro atoms. The van der Waals surface area contributed by atoms with Crippen molar-refractivity contribution in [1.82, 2.24) is 4.98 Å². The first-order valence-corrected chi connectivity index (χ1v) is 6.59. The molecule has 3 nitrogen and oxygen atoms in total. The second-order valence-electron chi connectivity index (χ2n) is 5.00. The van der Waals surface area contributed by atoms with Gasteiger partial charge in [-0.25, -0.2) is 0 Å². The molecule has 0 aliphatic rings. The molecule has 0 saturated carbocycles. The van der Waals surface area contributed by atoms with E-state index in [0.717, 1.165) is 29.6 Å². The van der Waals surface area contributed by atoms with Gasteiger partial charge in [0.1, 0.15) is 0 Å². The van der Waals surface area contributed by atoms with Gasteiger partial charge in [-0.2, -0.15) is 13.2 Å². The Bertz CT molecular complexity index is 711. The highest BCUT2D eigenvalue weighted by Gasteiger charge is 2.36. The molecular weight excluding hydrogens is 293 g/mol. The molecule has 0 unspecified atom stereocenters. The summed E-state index contributed by atoms with van der Waals surface area (Å²) in [5.74, 6) is -0.742. The van der Waals surface area contributed by atoms with Crippen molar-refractivity contribution in [3.05, 3.63) is 58.9 Å². The largest absolute Gasteiger partial charge is 0.417 e. The van der Waals surface area contributed by atoms with Gasteiger partial charge < -0.3 is 4.90 Å². The number of aryl methyl sites for hydroxylation is 1. The molecule has 0 bridgehead atoms. The smallest absolute Gasteiger partial charge is 0.311 e. The first-order valence-electron chi connectivity index (χ1n) is 6.59. The van der Waals surface area contributed by atoms with E-state index in [1.165, 1.54) is 11.9 Å². The predicted octanol–water partition coefficient (Wildman–Crippen LogP) is 3.99. The van der Waals surface area contributed by atoms with Crippen LogP contribution in [0.2, 0.25) is 0 Å². The number of hydrogen-bond acceptors (Lipinski definition) is 2. The number of carbonyl (C=O) groups is 1. The SMILES string of the molecule is Cc1cccc(N(C)C(=O)c2cnccc2C(F)(F)F)c1C. The monoisotopic (exact) mass is 308 g/mol. The third-order valence-corrected chi connectivity index (χ3v) is 3.60. The summed E-state index contributed by atoms with van der Waals surface area (Å²) < 4.78 is 39.1. The summed E-state index contributed by atoms with van der Waals surface area (Å²) in [6.07, 6.45) is -2.62. The third-order valence-electron chi connectivity index (χ3n) is 3.60. The molecule has 6 heteroatoms. The van der Waals surface area contributed by atoms with Gasteiger partial charge >= 0.3 is 6.18 Å². The molecule has 0 radical (unpaired) electrons. The molecule has 1 aromatic heterocycles. The van der Waals surface area contributed by atoms with E-state index >= 15 is 0 Å². The van der Waals surface area contributed by atoms with Crippen LogP contribution in [0.5, 0.6) is 0 Å². The lowest BCUT2D eigenvalue weighted by Crippen LogP contribution is -2.29. The molecule has 1 amide bonds. The average Bonchev–Trinajstić information content (AvgIpc) is 2.48. The normalized spacial score (nSPS) is 11.4. The van der Waals surface area contributed by atoms with Gasteiger partial charge in [0.2, 0.25) is 0 Å². The van der Waals surface area contributed by atoms with Crippen molar-refractivity contribution >= 4 is 11.6 Å². The number of nitrogens with zero attached hydrogens (tertiary/aromatic N) is 2. The number of benzene rings is 1. The Morgan fingerprint density at radius 1 is 1.18 bits per heavy atom. The van der Waals surface area contributed by atoms with E-state index in [1.807, 2.05) is 19.9 Å². The second kappa shape index (κ2) is 5.79. The standard InChI is InChI=1S/C16H15F3N2O/c1-10-5-4-6-14(11(10)2)21(3)15(22)12-9-20-8-7-13(12)16(17,18)19/h4-9H,1-3H3. The van der Waals surface area contributed by atoms with E-state index in [9.17, 15) is 18.0 Å². The average molecular weight is 308 g/mol. The molecule has 22 heavy (non-hydrogen) atoms. The van der Waals surface area contributed by atoms with Gasteiger partial charge in [-0.05, 0) is 37.1 Å². The number of hydrogen-bond donors (Lipinski definition) is 0. The number of anilines is 1. The van der Waals surface area contributed by atoms with Crippen molar-refractivity contribution in [3.8, 4) is 0 Å². The minimum atomic E-state index is -4.60. The molecule has 0 N–H and O–H groups in total. The van der Waals surface area contributed by atoms with Crippen LogP contribution in [-0.2, 0) is 6.18 Å². The number of pyridine rings is 1. The van der Waals surface area contributed by atoms with Crippen LogP contribution in [0.3, 0.4) is 0 Å². The highest BCUT2D eigenvalue weighted by molar-refractivity contribution is 6.07. The number of halogens is 3. The Labute approximate surface area is 126 Å². The van der Waals surface area contributed by atoms with Crippen molar-refractivity contribution < 1.29 is 18.0 Å². The second-order valence-corrected chi connectivity index (χ2v) is 5.00. The highest BCUT2D eigenvalue weighted by Crippen LogP contribution is 2.32. The van der Waals surface area contributed by atoms with E-state index < -0.39 is 23.2 Å². The zero-order valence-electron chi connectivity index (χ0n) is 12.4. The van der Waals surface area contributed by atoms with Crippen LogP contribution in [0, 0.1) is 13.8 Å². The van der Waals surface area contributed by atoms with Crippen molar-refractivity contribution in [2.45, 2.75) is 20.0 Å². The lowest BCUT2D eigenvalue weighted by Gasteiger charge is -2.22.